The van der Waals surface area contributed by atoms with E-state index in [2.05, 4.69) is 52.5 Å². The van der Waals surface area contributed by atoms with E-state index in [0.717, 1.165) is 26.2 Å². The van der Waals surface area contributed by atoms with Crippen LogP contribution in [0.25, 0.3) is 0 Å². The van der Waals surface area contributed by atoms with E-state index in [9.17, 15) is 0 Å². The van der Waals surface area contributed by atoms with Crippen LogP contribution in [0.4, 0.5) is 5.69 Å². The summed E-state index contributed by atoms with van der Waals surface area (Å²) in [5.74, 6) is 1.22. The normalized spacial score (nSPS) is 19.2. The van der Waals surface area contributed by atoms with Crippen LogP contribution < -0.4 is 10.2 Å². The van der Waals surface area contributed by atoms with Crippen molar-refractivity contribution in [2.45, 2.75) is 44.0 Å². The van der Waals surface area contributed by atoms with Crippen LogP contribution in [-0.4, -0.2) is 30.4 Å². The molecule has 0 aliphatic carbocycles. The lowest BCUT2D eigenvalue weighted by molar-refractivity contribution is 0.240. The number of nitrogens with zero attached hydrogens (tertiary/aromatic N) is 2. The lowest BCUT2D eigenvalue weighted by Gasteiger charge is -2.40. The Morgan fingerprint density at radius 1 is 1.12 bits per heavy atom. The largest absolute Gasteiger partial charge is 0.371 e. The van der Waals surface area contributed by atoms with Crippen molar-refractivity contribution in [3.8, 4) is 0 Å². The van der Waals surface area contributed by atoms with Crippen molar-refractivity contribution < 1.29 is 0 Å². The molecule has 1 aromatic heterocycles. The number of thioether (sulfide) groups is 1. The lowest BCUT2D eigenvalue weighted by Crippen LogP contribution is -2.39. The molecule has 0 saturated carbocycles. The topological polar surface area (TPSA) is 28.2 Å². The van der Waals surface area contributed by atoms with Crippen molar-refractivity contribution in [2.24, 2.45) is 5.41 Å². The highest BCUT2D eigenvalue weighted by Crippen LogP contribution is 2.38. The molecule has 0 atom stereocenters. The highest BCUT2D eigenvalue weighted by Gasteiger charge is 2.29. The predicted octanol–water partition coefficient (Wildman–Crippen LogP) is 4.52. The van der Waals surface area contributed by atoms with E-state index in [1.807, 2.05) is 24.2 Å². The quantitative estimate of drug-likeness (QED) is 0.787. The fourth-order valence-corrected chi connectivity index (χ4v) is 5.29. The number of benzene rings is 1. The van der Waals surface area contributed by atoms with Gasteiger partial charge in [-0.25, -0.2) is 0 Å². The van der Waals surface area contributed by atoms with Gasteiger partial charge in [0.2, 0.25) is 0 Å². The van der Waals surface area contributed by atoms with Crippen LogP contribution in [0.3, 0.4) is 0 Å². The van der Waals surface area contributed by atoms with Gasteiger partial charge in [-0.05, 0) is 78.8 Å². The van der Waals surface area contributed by atoms with Gasteiger partial charge >= 0.3 is 0 Å². The number of aromatic nitrogens is 1. The zero-order valence-electron chi connectivity index (χ0n) is 15.7. The molecular formula is C22H29N3S. The Balaban J connectivity index is 1.27. The minimum atomic E-state index is 0.478. The molecule has 2 aliphatic rings. The van der Waals surface area contributed by atoms with Gasteiger partial charge in [-0.15, -0.1) is 11.8 Å². The van der Waals surface area contributed by atoms with Crippen molar-refractivity contribution >= 4 is 17.4 Å². The summed E-state index contributed by atoms with van der Waals surface area (Å²) in [4.78, 5) is 8.07. The summed E-state index contributed by atoms with van der Waals surface area (Å²) < 4.78 is 0. The number of pyridine rings is 1. The smallest absolute Gasteiger partial charge is 0.0397 e. The van der Waals surface area contributed by atoms with E-state index in [1.165, 1.54) is 53.1 Å². The maximum absolute atomic E-state index is 4.13. The van der Waals surface area contributed by atoms with Crippen LogP contribution in [0, 0.1) is 5.41 Å². The van der Waals surface area contributed by atoms with Crippen molar-refractivity contribution in [1.29, 1.82) is 0 Å². The summed E-state index contributed by atoms with van der Waals surface area (Å²) in [5.41, 5.74) is 4.83. The second-order valence-electron chi connectivity index (χ2n) is 7.96. The minimum absolute atomic E-state index is 0.478. The molecule has 4 rings (SSSR count). The molecule has 0 amide bonds. The molecule has 0 unspecified atom stereocenters. The van der Waals surface area contributed by atoms with Crippen LogP contribution in [0.5, 0.6) is 0 Å². The summed E-state index contributed by atoms with van der Waals surface area (Å²) in [7, 11) is 0. The summed E-state index contributed by atoms with van der Waals surface area (Å²) in [6.07, 6.45) is 8.83. The van der Waals surface area contributed by atoms with Gasteiger partial charge in [-0.1, -0.05) is 13.0 Å². The summed E-state index contributed by atoms with van der Waals surface area (Å²) in [6.45, 7) is 6.96. The second-order valence-corrected chi connectivity index (χ2v) is 9.13. The first kappa shape index (κ1) is 17.9. The van der Waals surface area contributed by atoms with Crippen LogP contribution in [0.15, 0.2) is 47.6 Å². The Morgan fingerprint density at radius 3 is 2.73 bits per heavy atom. The number of rotatable bonds is 5. The molecule has 2 aliphatic heterocycles. The third-order valence-corrected chi connectivity index (χ3v) is 7.03. The summed E-state index contributed by atoms with van der Waals surface area (Å²) in [6, 6.07) is 11.3. The molecule has 26 heavy (non-hydrogen) atoms. The molecule has 4 heteroatoms. The average molecular weight is 368 g/mol. The Labute approximate surface area is 161 Å². The van der Waals surface area contributed by atoms with Gasteiger partial charge < -0.3 is 10.2 Å². The maximum atomic E-state index is 4.13. The van der Waals surface area contributed by atoms with E-state index in [4.69, 9.17) is 0 Å². The molecule has 2 aromatic rings. The van der Waals surface area contributed by atoms with Gasteiger partial charge in [-0.3, -0.25) is 4.98 Å². The van der Waals surface area contributed by atoms with E-state index in [1.54, 1.807) is 0 Å². The average Bonchev–Trinajstić information content (AvgIpc) is 2.69. The summed E-state index contributed by atoms with van der Waals surface area (Å²) >= 11 is 2.03. The van der Waals surface area contributed by atoms with Gasteiger partial charge in [-0.2, -0.15) is 0 Å². The molecule has 138 valence electrons. The van der Waals surface area contributed by atoms with Gasteiger partial charge in [0.15, 0.2) is 0 Å². The second kappa shape index (κ2) is 8.01. The third-order valence-electron chi connectivity index (χ3n) is 6.04. The maximum Gasteiger partial charge on any atom is 0.0397 e. The fourth-order valence-electron chi connectivity index (χ4n) is 4.07. The molecule has 0 spiro atoms. The molecule has 1 saturated heterocycles. The molecule has 1 fully saturated rings. The van der Waals surface area contributed by atoms with Crippen LogP contribution in [0.1, 0.15) is 37.3 Å². The highest BCUT2D eigenvalue weighted by molar-refractivity contribution is 7.99. The summed E-state index contributed by atoms with van der Waals surface area (Å²) in [5, 5.41) is 3.48. The number of anilines is 1. The van der Waals surface area contributed by atoms with Crippen molar-refractivity contribution in [3.63, 3.8) is 0 Å². The van der Waals surface area contributed by atoms with Crippen LogP contribution >= 0.6 is 11.8 Å². The van der Waals surface area contributed by atoms with Crippen molar-refractivity contribution in [2.75, 3.05) is 30.3 Å². The number of hydrogen-bond acceptors (Lipinski definition) is 4. The Morgan fingerprint density at radius 2 is 1.92 bits per heavy atom. The SMILES string of the molecule is CC1(CCSc2ccc3c(c2)CNCC3)CCN(c2ccncc2)CC1. The van der Waals surface area contributed by atoms with E-state index in [-0.39, 0.29) is 0 Å². The monoisotopic (exact) mass is 367 g/mol. The van der Waals surface area contributed by atoms with Gasteiger partial charge in [0.25, 0.3) is 0 Å². The van der Waals surface area contributed by atoms with E-state index >= 15 is 0 Å². The molecule has 3 nitrogen and oxygen atoms in total. The lowest BCUT2D eigenvalue weighted by atomic mass is 9.78. The van der Waals surface area contributed by atoms with Crippen molar-refractivity contribution in [1.82, 2.24) is 10.3 Å². The first-order valence-corrected chi connectivity index (χ1v) is 10.8. The van der Waals surface area contributed by atoms with Gasteiger partial charge in [0.05, 0.1) is 0 Å². The van der Waals surface area contributed by atoms with E-state index < -0.39 is 0 Å². The fraction of sp³-hybridized carbons (Fsp3) is 0.500. The molecule has 3 heterocycles. The van der Waals surface area contributed by atoms with Gasteiger partial charge in [0, 0.05) is 42.6 Å². The van der Waals surface area contributed by atoms with E-state index in [0.29, 0.717) is 5.41 Å². The first-order valence-electron chi connectivity index (χ1n) is 9.82. The Kier molecular flexibility index (Phi) is 5.51. The van der Waals surface area contributed by atoms with Crippen molar-refractivity contribution in [3.05, 3.63) is 53.9 Å². The molecule has 0 bridgehead atoms. The zero-order chi connectivity index (χ0) is 17.8. The number of fused-ring (bicyclic) bond motifs is 1. The number of piperidine rings is 1. The number of hydrogen-bond donors (Lipinski definition) is 1. The molecule has 1 N–H and O–H groups in total. The third kappa shape index (κ3) is 4.24. The molecular weight excluding hydrogens is 338 g/mol. The van der Waals surface area contributed by atoms with Crippen LogP contribution in [0.2, 0.25) is 0 Å². The predicted molar refractivity (Wildman–Crippen MR) is 111 cm³/mol. The minimum Gasteiger partial charge on any atom is -0.371 e. The van der Waals surface area contributed by atoms with Gasteiger partial charge in [0.1, 0.15) is 0 Å². The van der Waals surface area contributed by atoms with Crippen LogP contribution in [-0.2, 0) is 13.0 Å². The highest BCUT2D eigenvalue weighted by atomic mass is 32.2. The standard InChI is InChI=1S/C22H29N3S/c1-22(7-13-25(14-8-22)20-5-11-23-12-6-20)9-15-26-21-3-2-18-4-10-24-17-19(18)16-21/h2-3,5-6,11-12,16,24H,4,7-10,13-15,17H2,1H3. The zero-order valence-corrected chi connectivity index (χ0v) is 16.5. The molecule has 1 aromatic carbocycles. The number of nitrogens with one attached hydrogen (secondary N) is 1. The Hall–Kier alpha value is -1.52. The Bertz CT molecular complexity index is 723. The molecule has 0 radical (unpaired) electrons. The first-order chi connectivity index (χ1) is 12.7.